The fraction of sp³-hybridized carbons (Fsp3) is 1.00. The van der Waals surface area contributed by atoms with Crippen molar-refractivity contribution in [1.29, 1.82) is 0 Å². The van der Waals surface area contributed by atoms with Gasteiger partial charge in [0.15, 0.2) is 0 Å². The van der Waals surface area contributed by atoms with Crippen LogP contribution in [0.2, 0.25) is 0 Å². The van der Waals surface area contributed by atoms with Gasteiger partial charge in [-0.2, -0.15) is 0 Å². The van der Waals surface area contributed by atoms with E-state index in [1.807, 2.05) is 0 Å². The summed E-state index contributed by atoms with van der Waals surface area (Å²) >= 11 is 0. The van der Waals surface area contributed by atoms with E-state index in [4.69, 9.17) is 5.73 Å². The van der Waals surface area contributed by atoms with Crippen molar-refractivity contribution < 1.29 is 0 Å². The van der Waals surface area contributed by atoms with E-state index in [1.54, 1.807) is 0 Å². The maximum atomic E-state index is 5.98. The summed E-state index contributed by atoms with van der Waals surface area (Å²) in [7, 11) is 2.26. The predicted molar refractivity (Wildman–Crippen MR) is 60.2 cm³/mol. The highest BCUT2D eigenvalue weighted by atomic mass is 15.2. The topological polar surface area (TPSA) is 29.3 Å². The molecule has 2 atom stereocenters. The zero-order valence-electron chi connectivity index (χ0n) is 9.41. The Hall–Kier alpha value is -0.0800. The van der Waals surface area contributed by atoms with E-state index >= 15 is 0 Å². The van der Waals surface area contributed by atoms with Crippen molar-refractivity contribution >= 4 is 0 Å². The zero-order valence-corrected chi connectivity index (χ0v) is 9.41. The lowest BCUT2D eigenvalue weighted by atomic mass is 9.79. The van der Waals surface area contributed by atoms with Crippen molar-refractivity contribution in [2.24, 2.45) is 11.7 Å². The molecule has 2 N–H and O–H groups in total. The maximum absolute atomic E-state index is 5.98. The van der Waals surface area contributed by atoms with Gasteiger partial charge in [0.25, 0.3) is 0 Å². The second-order valence-corrected chi connectivity index (χ2v) is 5.24. The van der Waals surface area contributed by atoms with Crippen LogP contribution in [-0.4, -0.2) is 30.6 Å². The summed E-state index contributed by atoms with van der Waals surface area (Å²) in [4.78, 5) is 2.52. The molecule has 2 rings (SSSR count). The fourth-order valence-corrected chi connectivity index (χ4v) is 3.32. The third kappa shape index (κ3) is 2.29. The molecular weight excluding hydrogens is 172 g/mol. The summed E-state index contributed by atoms with van der Waals surface area (Å²) in [6, 6.07) is 1.27. The summed E-state index contributed by atoms with van der Waals surface area (Å²) in [5.74, 6) is 0.973. The molecule has 2 nitrogen and oxygen atoms in total. The molecular formula is C12H24N2. The highest BCUT2D eigenvalue weighted by Gasteiger charge is 2.30. The Morgan fingerprint density at radius 2 is 1.71 bits per heavy atom. The number of likely N-dealkylation sites (N-methyl/N-ethyl adjacent to an activating group) is 1. The Morgan fingerprint density at radius 1 is 1.00 bits per heavy atom. The molecule has 1 aliphatic heterocycles. The molecule has 2 aliphatic rings. The van der Waals surface area contributed by atoms with Crippen LogP contribution in [-0.2, 0) is 0 Å². The monoisotopic (exact) mass is 196 g/mol. The summed E-state index contributed by atoms with van der Waals surface area (Å²) in [6.45, 7) is 1.11. The quantitative estimate of drug-likeness (QED) is 0.695. The van der Waals surface area contributed by atoms with E-state index in [9.17, 15) is 0 Å². The van der Waals surface area contributed by atoms with Gasteiger partial charge in [-0.1, -0.05) is 19.3 Å². The first-order valence-electron chi connectivity index (χ1n) is 6.23. The molecule has 0 radical (unpaired) electrons. The molecule has 1 aliphatic carbocycles. The van der Waals surface area contributed by atoms with Gasteiger partial charge >= 0.3 is 0 Å². The number of likely N-dealkylation sites (tertiary alicyclic amines) is 1. The van der Waals surface area contributed by atoms with Crippen LogP contribution in [0.1, 0.15) is 44.9 Å². The molecule has 14 heavy (non-hydrogen) atoms. The van der Waals surface area contributed by atoms with Crippen LogP contribution < -0.4 is 5.73 Å². The van der Waals surface area contributed by atoms with Gasteiger partial charge in [-0.15, -0.1) is 0 Å². The summed E-state index contributed by atoms with van der Waals surface area (Å²) in [5.41, 5.74) is 5.98. The molecule has 1 saturated carbocycles. The third-order valence-corrected chi connectivity index (χ3v) is 4.12. The number of nitrogens with zero attached hydrogens (tertiary/aromatic N) is 1. The van der Waals surface area contributed by atoms with Gasteiger partial charge < -0.3 is 10.6 Å². The first-order chi connectivity index (χ1) is 6.77. The van der Waals surface area contributed by atoms with Crippen molar-refractivity contribution in [3.05, 3.63) is 0 Å². The fourth-order valence-electron chi connectivity index (χ4n) is 3.32. The molecule has 0 amide bonds. The minimum atomic E-state index is 0.430. The first kappa shape index (κ1) is 10.4. The van der Waals surface area contributed by atoms with Crippen molar-refractivity contribution in [2.75, 3.05) is 13.6 Å². The van der Waals surface area contributed by atoms with Gasteiger partial charge in [-0.25, -0.2) is 0 Å². The lowest BCUT2D eigenvalue weighted by Gasteiger charge is -2.41. The summed E-state index contributed by atoms with van der Waals surface area (Å²) in [6.07, 6.45) is 9.89. The molecule has 0 aromatic heterocycles. The van der Waals surface area contributed by atoms with Gasteiger partial charge in [0.2, 0.25) is 0 Å². The summed E-state index contributed by atoms with van der Waals surface area (Å²) in [5, 5.41) is 0. The van der Waals surface area contributed by atoms with Crippen LogP contribution in [0.25, 0.3) is 0 Å². The third-order valence-electron chi connectivity index (χ3n) is 4.12. The van der Waals surface area contributed by atoms with Crippen molar-refractivity contribution in [3.63, 3.8) is 0 Å². The normalized spacial score (nSPS) is 37.3. The molecule has 0 aromatic rings. The molecule has 2 unspecified atom stereocenters. The number of rotatable bonds is 1. The van der Waals surface area contributed by atoms with E-state index in [2.05, 4.69) is 11.9 Å². The van der Waals surface area contributed by atoms with Crippen LogP contribution in [0, 0.1) is 5.92 Å². The smallest absolute Gasteiger partial charge is 0.0168 e. The van der Waals surface area contributed by atoms with Crippen LogP contribution in [0.15, 0.2) is 0 Å². The second-order valence-electron chi connectivity index (χ2n) is 5.24. The molecule has 1 heterocycles. The van der Waals surface area contributed by atoms with Crippen LogP contribution in [0.3, 0.4) is 0 Å². The average molecular weight is 196 g/mol. The van der Waals surface area contributed by atoms with Gasteiger partial charge in [-0.3, -0.25) is 0 Å². The molecule has 82 valence electrons. The standard InChI is InChI=1S/C12H24N2/c1-14-9-11(13)7-8-12(14)10-5-3-2-4-6-10/h10-12H,2-9,13H2,1H3. The Kier molecular flexibility index (Phi) is 3.45. The van der Waals surface area contributed by atoms with Gasteiger partial charge in [0.1, 0.15) is 0 Å². The van der Waals surface area contributed by atoms with Crippen LogP contribution >= 0.6 is 0 Å². The van der Waals surface area contributed by atoms with Gasteiger partial charge in [0, 0.05) is 18.6 Å². The summed E-state index contributed by atoms with van der Waals surface area (Å²) < 4.78 is 0. The average Bonchev–Trinajstić information content (AvgIpc) is 2.19. The lowest BCUT2D eigenvalue weighted by molar-refractivity contribution is 0.0963. The molecule has 1 saturated heterocycles. The highest BCUT2D eigenvalue weighted by molar-refractivity contribution is 4.87. The Labute approximate surface area is 87.8 Å². The predicted octanol–water partition coefficient (Wildman–Crippen LogP) is 1.99. The number of hydrogen-bond donors (Lipinski definition) is 1. The maximum Gasteiger partial charge on any atom is 0.0168 e. The molecule has 0 aromatic carbocycles. The van der Waals surface area contributed by atoms with Crippen molar-refractivity contribution in [1.82, 2.24) is 4.90 Å². The Balaban J connectivity index is 1.89. The Morgan fingerprint density at radius 3 is 2.36 bits per heavy atom. The van der Waals surface area contributed by atoms with Crippen LogP contribution in [0.4, 0.5) is 0 Å². The van der Waals surface area contributed by atoms with Crippen LogP contribution in [0.5, 0.6) is 0 Å². The van der Waals surface area contributed by atoms with Gasteiger partial charge in [-0.05, 0) is 38.6 Å². The largest absolute Gasteiger partial charge is 0.327 e. The van der Waals surface area contributed by atoms with E-state index in [1.165, 1.54) is 44.9 Å². The SMILES string of the molecule is CN1CC(N)CCC1C1CCCCC1. The van der Waals surface area contributed by atoms with E-state index in [0.29, 0.717) is 6.04 Å². The number of piperidine rings is 1. The molecule has 0 spiro atoms. The minimum absolute atomic E-state index is 0.430. The van der Waals surface area contributed by atoms with E-state index in [0.717, 1.165) is 18.5 Å². The van der Waals surface area contributed by atoms with E-state index in [-0.39, 0.29) is 0 Å². The molecule has 2 fully saturated rings. The zero-order chi connectivity index (χ0) is 9.97. The minimum Gasteiger partial charge on any atom is -0.327 e. The lowest BCUT2D eigenvalue weighted by Crippen LogP contribution is -2.49. The molecule has 2 heteroatoms. The van der Waals surface area contributed by atoms with E-state index < -0.39 is 0 Å². The Bertz CT molecular complexity index is 175. The number of hydrogen-bond acceptors (Lipinski definition) is 2. The first-order valence-corrected chi connectivity index (χ1v) is 6.23. The van der Waals surface area contributed by atoms with Crippen molar-refractivity contribution in [2.45, 2.75) is 57.0 Å². The van der Waals surface area contributed by atoms with Gasteiger partial charge in [0.05, 0.1) is 0 Å². The van der Waals surface area contributed by atoms with Crippen molar-refractivity contribution in [3.8, 4) is 0 Å². The highest BCUT2D eigenvalue weighted by Crippen LogP contribution is 2.32. The number of nitrogens with two attached hydrogens (primary N) is 1. The molecule has 0 bridgehead atoms. The second kappa shape index (κ2) is 4.63.